The monoisotopic (exact) mass is 356 g/mol. The SMILES string of the molecule is CCCCCC(=O)N/N=C/c1cc(Br)c(OC)c(OC)c1. The number of methoxy groups -OCH3 is 2. The second-order valence-electron chi connectivity index (χ2n) is 4.49. The molecular weight excluding hydrogens is 336 g/mol. The van der Waals surface area contributed by atoms with Gasteiger partial charge in [0.2, 0.25) is 5.91 Å². The van der Waals surface area contributed by atoms with E-state index >= 15 is 0 Å². The Balaban J connectivity index is 2.64. The zero-order valence-electron chi connectivity index (χ0n) is 12.6. The molecular formula is C15H21BrN2O3. The maximum atomic E-state index is 11.5. The Morgan fingerprint density at radius 2 is 2.10 bits per heavy atom. The van der Waals surface area contributed by atoms with Crippen molar-refractivity contribution < 1.29 is 14.3 Å². The van der Waals surface area contributed by atoms with Gasteiger partial charge in [0.25, 0.3) is 0 Å². The highest BCUT2D eigenvalue weighted by Gasteiger charge is 2.09. The van der Waals surface area contributed by atoms with E-state index in [0.29, 0.717) is 17.9 Å². The summed E-state index contributed by atoms with van der Waals surface area (Å²) < 4.78 is 11.2. The van der Waals surface area contributed by atoms with Crippen molar-refractivity contribution in [1.29, 1.82) is 0 Å². The zero-order chi connectivity index (χ0) is 15.7. The number of ether oxygens (including phenoxy) is 2. The molecule has 0 atom stereocenters. The lowest BCUT2D eigenvalue weighted by molar-refractivity contribution is -0.121. The van der Waals surface area contributed by atoms with E-state index in [1.54, 1.807) is 26.5 Å². The van der Waals surface area contributed by atoms with Crippen molar-refractivity contribution >= 4 is 28.1 Å². The summed E-state index contributed by atoms with van der Waals surface area (Å²) in [7, 11) is 3.15. The molecule has 0 aliphatic rings. The third kappa shape index (κ3) is 5.75. The standard InChI is InChI=1S/C15H21BrN2O3/c1-4-5-6-7-14(19)18-17-10-11-8-12(16)15(21-3)13(9-11)20-2/h8-10H,4-7H2,1-3H3,(H,18,19)/b17-10+. The fourth-order valence-corrected chi connectivity index (χ4v) is 2.40. The first-order chi connectivity index (χ1) is 10.1. The topological polar surface area (TPSA) is 59.9 Å². The Morgan fingerprint density at radius 3 is 2.71 bits per heavy atom. The van der Waals surface area contributed by atoms with Gasteiger partial charge in [0, 0.05) is 6.42 Å². The van der Waals surface area contributed by atoms with Gasteiger partial charge in [-0.05, 0) is 40.0 Å². The number of nitrogens with zero attached hydrogens (tertiary/aromatic N) is 1. The van der Waals surface area contributed by atoms with Crippen LogP contribution in [0, 0.1) is 0 Å². The normalized spacial score (nSPS) is 10.7. The van der Waals surface area contributed by atoms with Gasteiger partial charge in [-0.1, -0.05) is 19.8 Å². The molecule has 0 bridgehead atoms. The van der Waals surface area contributed by atoms with E-state index in [9.17, 15) is 4.79 Å². The fraction of sp³-hybridized carbons (Fsp3) is 0.467. The van der Waals surface area contributed by atoms with Crippen LogP contribution in [0.15, 0.2) is 21.7 Å². The highest BCUT2D eigenvalue weighted by atomic mass is 79.9. The molecule has 0 heterocycles. The van der Waals surface area contributed by atoms with Crippen molar-refractivity contribution in [3.8, 4) is 11.5 Å². The molecule has 1 amide bonds. The first-order valence-corrected chi connectivity index (χ1v) is 7.65. The molecule has 116 valence electrons. The maximum absolute atomic E-state index is 11.5. The smallest absolute Gasteiger partial charge is 0.240 e. The Labute approximate surface area is 133 Å². The highest BCUT2D eigenvalue weighted by molar-refractivity contribution is 9.10. The predicted molar refractivity (Wildman–Crippen MR) is 87.1 cm³/mol. The molecule has 0 saturated heterocycles. The Kier molecular flexibility index (Phi) is 7.82. The van der Waals surface area contributed by atoms with Crippen LogP contribution >= 0.6 is 15.9 Å². The summed E-state index contributed by atoms with van der Waals surface area (Å²) in [5.41, 5.74) is 3.32. The van der Waals surface area contributed by atoms with Gasteiger partial charge < -0.3 is 9.47 Å². The predicted octanol–water partition coefficient (Wildman–Crippen LogP) is 3.50. The van der Waals surface area contributed by atoms with Crippen molar-refractivity contribution in [2.45, 2.75) is 32.6 Å². The highest BCUT2D eigenvalue weighted by Crippen LogP contribution is 2.35. The van der Waals surface area contributed by atoms with E-state index in [1.807, 2.05) is 6.07 Å². The molecule has 0 radical (unpaired) electrons. The summed E-state index contributed by atoms with van der Waals surface area (Å²) in [6, 6.07) is 3.63. The van der Waals surface area contributed by atoms with Crippen LogP contribution in [0.4, 0.5) is 0 Å². The molecule has 1 aromatic carbocycles. The van der Waals surface area contributed by atoms with Gasteiger partial charge in [-0.25, -0.2) is 5.43 Å². The first-order valence-electron chi connectivity index (χ1n) is 6.85. The third-order valence-electron chi connectivity index (χ3n) is 2.87. The number of unbranched alkanes of at least 4 members (excludes halogenated alkanes) is 2. The van der Waals surface area contributed by atoms with Gasteiger partial charge in [0.1, 0.15) is 0 Å². The van der Waals surface area contributed by atoms with Crippen molar-refractivity contribution in [2.75, 3.05) is 14.2 Å². The molecule has 1 rings (SSSR count). The van der Waals surface area contributed by atoms with Gasteiger partial charge in [0.05, 0.1) is 24.9 Å². The lowest BCUT2D eigenvalue weighted by Crippen LogP contribution is -2.16. The zero-order valence-corrected chi connectivity index (χ0v) is 14.2. The quantitative estimate of drug-likeness (QED) is 0.440. The number of hydrazone groups is 1. The van der Waals surface area contributed by atoms with Crippen LogP contribution in [0.3, 0.4) is 0 Å². The molecule has 0 fully saturated rings. The maximum Gasteiger partial charge on any atom is 0.240 e. The molecule has 0 aromatic heterocycles. The Bertz CT molecular complexity index is 504. The number of halogens is 1. The van der Waals surface area contributed by atoms with Crippen LogP contribution in [-0.4, -0.2) is 26.3 Å². The van der Waals surface area contributed by atoms with E-state index in [1.165, 1.54) is 0 Å². The molecule has 1 N–H and O–H groups in total. The van der Waals surface area contributed by atoms with Crippen LogP contribution < -0.4 is 14.9 Å². The third-order valence-corrected chi connectivity index (χ3v) is 3.46. The molecule has 0 aliphatic heterocycles. The van der Waals surface area contributed by atoms with E-state index < -0.39 is 0 Å². The van der Waals surface area contributed by atoms with Crippen LogP contribution in [-0.2, 0) is 4.79 Å². The summed E-state index contributed by atoms with van der Waals surface area (Å²) in [4.78, 5) is 11.5. The number of amides is 1. The largest absolute Gasteiger partial charge is 0.493 e. The number of carbonyl (C=O) groups is 1. The number of rotatable bonds is 8. The van der Waals surface area contributed by atoms with Gasteiger partial charge in [-0.15, -0.1) is 0 Å². The number of hydrogen-bond donors (Lipinski definition) is 1. The molecule has 21 heavy (non-hydrogen) atoms. The van der Waals surface area contributed by atoms with Crippen LogP contribution in [0.25, 0.3) is 0 Å². The minimum absolute atomic E-state index is 0.0701. The lowest BCUT2D eigenvalue weighted by Gasteiger charge is -2.10. The average molecular weight is 357 g/mol. The first kappa shape index (κ1) is 17.5. The van der Waals surface area contributed by atoms with E-state index in [0.717, 1.165) is 29.3 Å². The van der Waals surface area contributed by atoms with E-state index in [-0.39, 0.29) is 5.91 Å². The van der Waals surface area contributed by atoms with Crippen LogP contribution in [0.5, 0.6) is 11.5 Å². The summed E-state index contributed by atoms with van der Waals surface area (Å²) >= 11 is 3.41. The molecule has 5 nitrogen and oxygen atoms in total. The molecule has 0 saturated carbocycles. The van der Waals surface area contributed by atoms with E-state index in [2.05, 4.69) is 33.4 Å². The summed E-state index contributed by atoms with van der Waals surface area (Å²) in [6.07, 6.45) is 5.11. The van der Waals surface area contributed by atoms with E-state index in [4.69, 9.17) is 9.47 Å². The summed E-state index contributed by atoms with van der Waals surface area (Å²) in [5.74, 6) is 1.15. The van der Waals surface area contributed by atoms with Gasteiger partial charge >= 0.3 is 0 Å². The summed E-state index contributed by atoms with van der Waals surface area (Å²) in [6.45, 7) is 2.10. The number of hydrogen-bond acceptors (Lipinski definition) is 4. The van der Waals surface area contributed by atoms with Crippen LogP contribution in [0.1, 0.15) is 38.2 Å². The lowest BCUT2D eigenvalue weighted by atomic mass is 10.2. The fourth-order valence-electron chi connectivity index (χ4n) is 1.78. The minimum Gasteiger partial charge on any atom is -0.493 e. The second-order valence-corrected chi connectivity index (χ2v) is 5.34. The molecule has 6 heteroatoms. The van der Waals surface area contributed by atoms with Crippen molar-refractivity contribution in [2.24, 2.45) is 5.10 Å². The molecule has 0 unspecified atom stereocenters. The number of carbonyl (C=O) groups excluding carboxylic acids is 1. The molecule has 0 aliphatic carbocycles. The average Bonchev–Trinajstić information content (AvgIpc) is 2.47. The van der Waals surface area contributed by atoms with Crippen LogP contribution in [0.2, 0.25) is 0 Å². The van der Waals surface area contributed by atoms with Crippen molar-refractivity contribution in [3.05, 3.63) is 22.2 Å². The molecule has 1 aromatic rings. The minimum atomic E-state index is -0.0701. The number of nitrogens with one attached hydrogen (secondary N) is 1. The van der Waals surface area contributed by atoms with Gasteiger partial charge in [-0.3, -0.25) is 4.79 Å². The Morgan fingerprint density at radius 1 is 1.33 bits per heavy atom. The van der Waals surface area contributed by atoms with Gasteiger partial charge in [-0.2, -0.15) is 5.10 Å². The second kappa shape index (κ2) is 9.39. The van der Waals surface area contributed by atoms with Crippen molar-refractivity contribution in [3.63, 3.8) is 0 Å². The molecule has 0 spiro atoms. The summed E-state index contributed by atoms with van der Waals surface area (Å²) in [5, 5.41) is 3.95. The Hall–Kier alpha value is -1.56. The number of benzene rings is 1. The van der Waals surface area contributed by atoms with Gasteiger partial charge in [0.15, 0.2) is 11.5 Å². The van der Waals surface area contributed by atoms with Crippen molar-refractivity contribution in [1.82, 2.24) is 5.43 Å².